The van der Waals surface area contributed by atoms with E-state index in [0.29, 0.717) is 0 Å². The topological polar surface area (TPSA) is 24.4 Å². The summed E-state index contributed by atoms with van der Waals surface area (Å²) in [7, 11) is 0. The third-order valence-corrected chi connectivity index (χ3v) is 3.85. The molecule has 2 aromatic rings. The van der Waals surface area contributed by atoms with E-state index in [1.165, 1.54) is 11.1 Å². The van der Waals surface area contributed by atoms with E-state index in [4.69, 9.17) is 4.99 Å². The zero-order chi connectivity index (χ0) is 16.7. The zero-order valence-corrected chi connectivity index (χ0v) is 14.5. The quantitative estimate of drug-likeness (QED) is 0.704. The minimum Gasteiger partial charge on any atom is -0.382 e. The molecular weight excluding hydrogens is 280 g/mol. The lowest BCUT2D eigenvalue weighted by molar-refractivity contribution is 0.654. The Morgan fingerprint density at radius 3 is 1.96 bits per heavy atom. The summed E-state index contributed by atoms with van der Waals surface area (Å²) in [5.41, 5.74) is 4.69. The fourth-order valence-corrected chi connectivity index (χ4v) is 2.67. The molecule has 2 atom stereocenters. The first kappa shape index (κ1) is 17.0. The number of rotatable bonds is 6. The van der Waals surface area contributed by atoms with E-state index in [-0.39, 0.29) is 12.1 Å². The van der Waals surface area contributed by atoms with Crippen molar-refractivity contribution < 1.29 is 0 Å². The van der Waals surface area contributed by atoms with E-state index in [1.807, 2.05) is 12.1 Å². The molecule has 0 bridgehead atoms. The molecule has 2 heteroatoms. The molecular formula is C21H26N2. The van der Waals surface area contributed by atoms with Crippen LogP contribution in [0.1, 0.15) is 50.9 Å². The van der Waals surface area contributed by atoms with Crippen molar-refractivity contribution in [1.29, 1.82) is 0 Å². The van der Waals surface area contributed by atoms with Gasteiger partial charge in [0.1, 0.15) is 0 Å². The van der Waals surface area contributed by atoms with Crippen molar-refractivity contribution in [2.45, 2.75) is 39.8 Å². The Morgan fingerprint density at radius 2 is 1.39 bits per heavy atom. The van der Waals surface area contributed by atoms with Crippen molar-refractivity contribution in [3.8, 4) is 0 Å². The molecule has 0 unspecified atom stereocenters. The molecule has 23 heavy (non-hydrogen) atoms. The van der Waals surface area contributed by atoms with Gasteiger partial charge in [0, 0.05) is 17.5 Å². The van der Waals surface area contributed by atoms with E-state index in [2.05, 4.69) is 87.6 Å². The predicted octanol–water partition coefficient (Wildman–Crippen LogP) is 5.46. The van der Waals surface area contributed by atoms with Gasteiger partial charge in [-0.25, -0.2) is 0 Å². The zero-order valence-electron chi connectivity index (χ0n) is 14.5. The number of benzene rings is 2. The molecule has 0 saturated heterocycles. The summed E-state index contributed by atoms with van der Waals surface area (Å²) in [5, 5.41) is 3.52. The number of allylic oxidation sites excluding steroid dienone is 2. The summed E-state index contributed by atoms with van der Waals surface area (Å²) in [6, 6.07) is 21.3. The average Bonchev–Trinajstić information content (AvgIpc) is 2.56. The van der Waals surface area contributed by atoms with Crippen LogP contribution in [0.3, 0.4) is 0 Å². The average molecular weight is 306 g/mol. The van der Waals surface area contributed by atoms with Crippen molar-refractivity contribution in [2.24, 2.45) is 4.99 Å². The fraction of sp³-hybridized carbons (Fsp3) is 0.286. The lowest BCUT2D eigenvalue weighted by Gasteiger charge is -2.16. The second-order valence-corrected chi connectivity index (χ2v) is 5.96. The molecule has 2 rings (SSSR count). The van der Waals surface area contributed by atoms with Gasteiger partial charge in [0.2, 0.25) is 0 Å². The van der Waals surface area contributed by atoms with Crippen LogP contribution in [0.4, 0.5) is 0 Å². The summed E-state index contributed by atoms with van der Waals surface area (Å²) >= 11 is 0. The largest absolute Gasteiger partial charge is 0.382 e. The van der Waals surface area contributed by atoms with Gasteiger partial charge < -0.3 is 5.32 Å². The normalized spacial score (nSPS) is 15.1. The van der Waals surface area contributed by atoms with E-state index >= 15 is 0 Å². The Kier molecular flexibility index (Phi) is 6.16. The van der Waals surface area contributed by atoms with Crippen LogP contribution in [0.2, 0.25) is 0 Å². The molecule has 0 aromatic heterocycles. The number of hydrogen-bond acceptors (Lipinski definition) is 2. The van der Waals surface area contributed by atoms with Crippen LogP contribution in [-0.2, 0) is 0 Å². The molecule has 0 spiro atoms. The molecule has 1 N–H and O–H groups in total. The third-order valence-electron chi connectivity index (χ3n) is 3.85. The first-order valence-electron chi connectivity index (χ1n) is 8.15. The van der Waals surface area contributed by atoms with Gasteiger partial charge in [-0.1, -0.05) is 60.7 Å². The molecule has 0 heterocycles. The Hall–Kier alpha value is -2.35. The highest BCUT2D eigenvalue weighted by Gasteiger charge is 2.05. The van der Waals surface area contributed by atoms with Gasteiger partial charge in [-0.15, -0.1) is 0 Å². The summed E-state index contributed by atoms with van der Waals surface area (Å²) in [6.07, 6.45) is 2.11. The SMILES string of the molecule is CC(/C=C(/C)N[C@H](C)c1ccccc1)=N[C@H](C)c1ccccc1. The van der Waals surface area contributed by atoms with Gasteiger partial charge in [-0.3, -0.25) is 4.99 Å². The molecule has 2 nitrogen and oxygen atoms in total. The van der Waals surface area contributed by atoms with Crippen molar-refractivity contribution in [2.75, 3.05) is 0 Å². The second-order valence-electron chi connectivity index (χ2n) is 5.96. The third kappa shape index (κ3) is 5.41. The highest BCUT2D eigenvalue weighted by Crippen LogP contribution is 2.17. The Morgan fingerprint density at radius 1 is 0.870 bits per heavy atom. The Balaban J connectivity index is 2.00. The monoisotopic (exact) mass is 306 g/mol. The van der Waals surface area contributed by atoms with Crippen LogP contribution in [0.15, 0.2) is 77.4 Å². The summed E-state index contributed by atoms with van der Waals surface area (Å²) in [6.45, 7) is 8.44. The molecule has 0 fully saturated rings. The maximum Gasteiger partial charge on any atom is 0.0724 e. The van der Waals surface area contributed by atoms with Crippen LogP contribution >= 0.6 is 0 Å². The van der Waals surface area contributed by atoms with Gasteiger partial charge in [0.25, 0.3) is 0 Å². The summed E-state index contributed by atoms with van der Waals surface area (Å²) in [4.78, 5) is 4.77. The van der Waals surface area contributed by atoms with Gasteiger partial charge >= 0.3 is 0 Å². The fourth-order valence-electron chi connectivity index (χ4n) is 2.67. The molecule has 120 valence electrons. The Labute approximate surface area is 140 Å². The minimum atomic E-state index is 0.173. The molecule has 0 aliphatic carbocycles. The number of nitrogens with one attached hydrogen (secondary N) is 1. The van der Waals surface area contributed by atoms with Gasteiger partial charge in [-0.2, -0.15) is 0 Å². The van der Waals surface area contributed by atoms with Crippen LogP contribution in [-0.4, -0.2) is 5.71 Å². The highest BCUT2D eigenvalue weighted by atomic mass is 14.9. The number of aliphatic imine (C=N–C) groups is 1. The minimum absolute atomic E-state index is 0.173. The van der Waals surface area contributed by atoms with E-state index in [9.17, 15) is 0 Å². The van der Waals surface area contributed by atoms with E-state index in [0.717, 1.165) is 11.4 Å². The first-order chi connectivity index (χ1) is 11.1. The van der Waals surface area contributed by atoms with Crippen molar-refractivity contribution in [3.63, 3.8) is 0 Å². The van der Waals surface area contributed by atoms with Gasteiger partial charge in [-0.05, 0) is 44.9 Å². The maximum absolute atomic E-state index is 4.77. The maximum atomic E-state index is 4.77. The number of hydrogen-bond donors (Lipinski definition) is 1. The van der Waals surface area contributed by atoms with E-state index < -0.39 is 0 Å². The predicted molar refractivity (Wildman–Crippen MR) is 99.7 cm³/mol. The standard InChI is InChI=1S/C21H26N2/c1-16(22-18(3)20-11-7-5-8-12-20)15-17(2)23-19(4)21-13-9-6-10-14-21/h5-15,18-19,22H,1-4H3/b16-15-,23-17?/t18-,19-/m1/s1. The van der Waals surface area contributed by atoms with Crippen molar-refractivity contribution in [1.82, 2.24) is 5.32 Å². The smallest absolute Gasteiger partial charge is 0.0724 e. The van der Waals surface area contributed by atoms with Crippen LogP contribution in [0, 0.1) is 0 Å². The molecule has 2 aromatic carbocycles. The van der Waals surface area contributed by atoms with E-state index in [1.54, 1.807) is 0 Å². The molecule has 0 amide bonds. The van der Waals surface area contributed by atoms with Crippen LogP contribution in [0.25, 0.3) is 0 Å². The molecule has 0 aliphatic heterocycles. The molecule has 0 aliphatic rings. The number of nitrogens with zero attached hydrogens (tertiary/aromatic N) is 1. The van der Waals surface area contributed by atoms with Crippen LogP contribution in [0.5, 0.6) is 0 Å². The van der Waals surface area contributed by atoms with Crippen LogP contribution < -0.4 is 5.32 Å². The summed E-state index contributed by atoms with van der Waals surface area (Å²) < 4.78 is 0. The van der Waals surface area contributed by atoms with Crippen molar-refractivity contribution >= 4 is 5.71 Å². The van der Waals surface area contributed by atoms with Crippen molar-refractivity contribution in [3.05, 3.63) is 83.6 Å². The lowest BCUT2D eigenvalue weighted by atomic mass is 10.1. The summed E-state index contributed by atoms with van der Waals surface area (Å²) in [5.74, 6) is 0. The van der Waals surface area contributed by atoms with Gasteiger partial charge in [0.05, 0.1) is 6.04 Å². The first-order valence-corrected chi connectivity index (χ1v) is 8.15. The Bertz CT molecular complexity index is 657. The lowest BCUT2D eigenvalue weighted by Crippen LogP contribution is -2.17. The second kappa shape index (κ2) is 8.33. The molecule has 0 radical (unpaired) electrons. The molecule has 0 saturated carbocycles. The highest BCUT2D eigenvalue weighted by molar-refractivity contribution is 5.93. The van der Waals surface area contributed by atoms with Gasteiger partial charge in [0.15, 0.2) is 0 Å².